The minimum atomic E-state index is -0.300. The van der Waals surface area contributed by atoms with Crippen LogP contribution < -0.4 is 0 Å². The maximum Gasteiger partial charge on any atom is 0.338 e. The number of hydrogen-bond acceptors (Lipinski definition) is 5. The van der Waals surface area contributed by atoms with E-state index in [0.29, 0.717) is 11.3 Å². The van der Waals surface area contributed by atoms with Crippen LogP contribution in [0.5, 0.6) is 0 Å². The molecular formula is C19H21NO2S2. The minimum absolute atomic E-state index is 0.300. The topological polar surface area (TPSA) is 38.7 Å². The highest BCUT2D eigenvalue weighted by Gasteiger charge is 2.12. The van der Waals surface area contributed by atoms with Crippen LogP contribution >= 0.6 is 23.5 Å². The number of aliphatic imine (C=N–C) groups is 1. The van der Waals surface area contributed by atoms with Crippen molar-refractivity contribution in [1.29, 1.82) is 0 Å². The standard InChI is InChI=1S/C19H21NO2S2/c1-4-23-19(20-16-11-9-14(2)10-12-16)24-13-15-7-5-6-8-17(15)18(21)22-3/h5-12H,4,13H2,1-3H3. The molecule has 24 heavy (non-hydrogen) atoms. The summed E-state index contributed by atoms with van der Waals surface area (Å²) in [5.74, 6) is 1.34. The van der Waals surface area contributed by atoms with Crippen LogP contribution in [0.3, 0.4) is 0 Å². The van der Waals surface area contributed by atoms with Gasteiger partial charge in [0.1, 0.15) is 4.38 Å². The summed E-state index contributed by atoms with van der Waals surface area (Å²) in [7, 11) is 1.41. The molecular weight excluding hydrogens is 338 g/mol. The molecule has 0 aliphatic carbocycles. The Balaban J connectivity index is 2.15. The molecule has 0 amide bonds. The zero-order valence-electron chi connectivity index (χ0n) is 14.1. The summed E-state index contributed by atoms with van der Waals surface area (Å²) >= 11 is 3.36. The van der Waals surface area contributed by atoms with Crippen LogP contribution in [0.15, 0.2) is 53.5 Å². The van der Waals surface area contributed by atoms with Crippen LogP contribution in [-0.4, -0.2) is 23.2 Å². The summed E-state index contributed by atoms with van der Waals surface area (Å²) < 4.78 is 5.86. The Kier molecular flexibility index (Phi) is 7.40. The highest BCUT2D eigenvalue weighted by Crippen LogP contribution is 2.27. The van der Waals surface area contributed by atoms with Crippen LogP contribution in [-0.2, 0) is 10.5 Å². The van der Waals surface area contributed by atoms with Crippen molar-refractivity contribution in [3.63, 3.8) is 0 Å². The van der Waals surface area contributed by atoms with E-state index in [2.05, 4.69) is 26.0 Å². The molecule has 0 atom stereocenters. The van der Waals surface area contributed by atoms with E-state index in [1.807, 2.05) is 30.3 Å². The number of ether oxygens (including phenoxy) is 1. The lowest BCUT2D eigenvalue weighted by atomic mass is 10.1. The second kappa shape index (κ2) is 9.55. The van der Waals surface area contributed by atoms with E-state index in [1.165, 1.54) is 12.7 Å². The normalized spacial score (nSPS) is 11.4. The van der Waals surface area contributed by atoms with Crippen molar-refractivity contribution in [2.45, 2.75) is 19.6 Å². The fraction of sp³-hybridized carbons (Fsp3) is 0.263. The maximum atomic E-state index is 11.9. The molecule has 126 valence electrons. The molecule has 0 N–H and O–H groups in total. The number of methoxy groups -OCH3 is 1. The Morgan fingerprint density at radius 1 is 1.08 bits per heavy atom. The van der Waals surface area contributed by atoms with Gasteiger partial charge in [0.2, 0.25) is 0 Å². The third kappa shape index (κ3) is 5.42. The molecule has 0 saturated carbocycles. The first-order valence-electron chi connectivity index (χ1n) is 7.71. The third-order valence-corrected chi connectivity index (χ3v) is 5.42. The molecule has 0 saturated heterocycles. The summed E-state index contributed by atoms with van der Waals surface area (Å²) in [5, 5.41) is 0. The fourth-order valence-corrected chi connectivity index (χ4v) is 4.03. The zero-order valence-corrected chi connectivity index (χ0v) is 15.7. The van der Waals surface area contributed by atoms with Gasteiger partial charge in [-0.1, -0.05) is 66.3 Å². The molecule has 0 spiro atoms. The number of carbonyl (C=O) groups is 1. The molecule has 5 heteroatoms. The van der Waals surface area contributed by atoms with E-state index in [-0.39, 0.29) is 5.97 Å². The van der Waals surface area contributed by atoms with Crippen molar-refractivity contribution >= 4 is 39.6 Å². The van der Waals surface area contributed by atoms with E-state index in [0.717, 1.165) is 21.4 Å². The van der Waals surface area contributed by atoms with E-state index in [9.17, 15) is 4.79 Å². The molecule has 0 unspecified atom stereocenters. The van der Waals surface area contributed by atoms with E-state index < -0.39 is 0 Å². The average molecular weight is 360 g/mol. The minimum Gasteiger partial charge on any atom is -0.465 e. The molecule has 2 aromatic carbocycles. The van der Waals surface area contributed by atoms with Gasteiger partial charge in [0.15, 0.2) is 0 Å². The van der Waals surface area contributed by atoms with Crippen LogP contribution in [0, 0.1) is 6.92 Å². The van der Waals surface area contributed by atoms with E-state index >= 15 is 0 Å². The van der Waals surface area contributed by atoms with Crippen molar-refractivity contribution in [3.05, 3.63) is 65.2 Å². The smallest absolute Gasteiger partial charge is 0.338 e. The Labute approximate surface area is 151 Å². The monoisotopic (exact) mass is 359 g/mol. The van der Waals surface area contributed by atoms with Gasteiger partial charge in [-0.05, 0) is 36.4 Å². The third-order valence-electron chi connectivity index (χ3n) is 3.30. The lowest BCUT2D eigenvalue weighted by molar-refractivity contribution is 0.0600. The number of aryl methyl sites for hydroxylation is 1. The molecule has 0 heterocycles. The van der Waals surface area contributed by atoms with E-state index in [4.69, 9.17) is 9.73 Å². The van der Waals surface area contributed by atoms with Crippen LogP contribution in [0.2, 0.25) is 0 Å². The Morgan fingerprint density at radius 2 is 1.79 bits per heavy atom. The lowest BCUT2D eigenvalue weighted by Gasteiger charge is -2.09. The van der Waals surface area contributed by atoms with Gasteiger partial charge in [-0.3, -0.25) is 0 Å². The summed E-state index contributed by atoms with van der Waals surface area (Å²) in [5.41, 5.74) is 3.75. The van der Waals surface area contributed by atoms with Crippen LogP contribution in [0.4, 0.5) is 5.69 Å². The van der Waals surface area contributed by atoms with Gasteiger partial charge in [0.05, 0.1) is 18.4 Å². The maximum absolute atomic E-state index is 11.9. The van der Waals surface area contributed by atoms with Crippen molar-refractivity contribution in [1.82, 2.24) is 0 Å². The number of benzene rings is 2. The van der Waals surface area contributed by atoms with Crippen molar-refractivity contribution in [2.75, 3.05) is 12.9 Å². The average Bonchev–Trinajstić information content (AvgIpc) is 2.61. The van der Waals surface area contributed by atoms with Crippen molar-refractivity contribution in [3.8, 4) is 0 Å². The van der Waals surface area contributed by atoms with Gasteiger partial charge in [-0.2, -0.15) is 0 Å². The number of thioether (sulfide) groups is 2. The summed E-state index contributed by atoms with van der Waals surface area (Å²) in [6.07, 6.45) is 0. The molecule has 2 rings (SSSR count). The first-order chi connectivity index (χ1) is 11.6. The van der Waals surface area contributed by atoms with Gasteiger partial charge in [-0.25, -0.2) is 9.79 Å². The summed E-state index contributed by atoms with van der Waals surface area (Å²) in [6.45, 7) is 4.17. The van der Waals surface area contributed by atoms with Crippen LogP contribution in [0.1, 0.15) is 28.4 Å². The quantitative estimate of drug-likeness (QED) is 0.404. The molecule has 3 nitrogen and oxygen atoms in total. The second-order valence-corrected chi connectivity index (χ2v) is 7.56. The molecule has 0 radical (unpaired) electrons. The lowest BCUT2D eigenvalue weighted by Crippen LogP contribution is -2.05. The van der Waals surface area contributed by atoms with Gasteiger partial charge in [-0.15, -0.1) is 0 Å². The number of hydrogen-bond donors (Lipinski definition) is 0. The highest BCUT2D eigenvalue weighted by atomic mass is 32.2. The molecule has 0 aromatic heterocycles. The second-order valence-electron chi connectivity index (χ2n) is 5.08. The Hall–Kier alpha value is -1.72. The van der Waals surface area contributed by atoms with Crippen molar-refractivity contribution in [2.24, 2.45) is 4.99 Å². The molecule has 2 aromatic rings. The predicted octanol–water partition coefficient (Wildman–Crippen LogP) is 5.46. The number of rotatable bonds is 5. The fourth-order valence-electron chi connectivity index (χ4n) is 2.05. The molecule has 0 bridgehead atoms. The van der Waals surface area contributed by atoms with Gasteiger partial charge >= 0.3 is 5.97 Å². The molecule has 0 aliphatic heterocycles. The molecule has 0 aliphatic rings. The van der Waals surface area contributed by atoms with Gasteiger partial charge in [0.25, 0.3) is 0 Å². The van der Waals surface area contributed by atoms with Gasteiger partial charge < -0.3 is 4.74 Å². The number of carbonyl (C=O) groups excluding carboxylic acids is 1. The SMILES string of the molecule is CCSC(=Nc1ccc(C)cc1)SCc1ccccc1C(=O)OC. The van der Waals surface area contributed by atoms with Crippen molar-refractivity contribution < 1.29 is 9.53 Å². The summed E-state index contributed by atoms with van der Waals surface area (Å²) in [6, 6.07) is 15.7. The zero-order chi connectivity index (χ0) is 17.4. The number of nitrogens with zero attached hydrogens (tertiary/aromatic N) is 1. The Bertz CT molecular complexity index is 712. The largest absolute Gasteiger partial charge is 0.465 e. The highest BCUT2D eigenvalue weighted by molar-refractivity contribution is 8.38. The predicted molar refractivity (Wildman–Crippen MR) is 105 cm³/mol. The van der Waals surface area contributed by atoms with Crippen LogP contribution in [0.25, 0.3) is 0 Å². The summed E-state index contributed by atoms with van der Waals surface area (Å²) in [4.78, 5) is 16.6. The molecule has 0 fully saturated rings. The first-order valence-corrected chi connectivity index (χ1v) is 9.68. The Morgan fingerprint density at radius 3 is 2.46 bits per heavy atom. The van der Waals surface area contributed by atoms with Gasteiger partial charge in [0, 0.05) is 5.75 Å². The number of esters is 1. The van der Waals surface area contributed by atoms with E-state index in [1.54, 1.807) is 29.6 Å². The first kappa shape index (κ1) is 18.6.